The van der Waals surface area contributed by atoms with Crippen molar-refractivity contribution in [3.8, 4) is 5.75 Å². The maximum Gasteiger partial charge on any atom is 0.410 e. The fourth-order valence-electron chi connectivity index (χ4n) is 4.37. The normalized spacial score (nSPS) is 17.1. The number of anilines is 3. The van der Waals surface area contributed by atoms with Gasteiger partial charge in [0.15, 0.2) is 15.6 Å². The van der Waals surface area contributed by atoms with E-state index in [-0.39, 0.29) is 11.0 Å². The first-order chi connectivity index (χ1) is 16.0. The number of ether oxygens (including phenoxy) is 2. The molecular weight excluding hydrogens is 454 g/mol. The number of hydrogen-bond acceptors (Lipinski definition) is 7. The third-order valence-corrected chi connectivity index (χ3v) is 7.13. The number of nitrogens with one attached hydrogen (secondary N) is 1. The summed E-state index contributed by atoms with van der Waals surface area (Å²) in [6, 6.07) is 13.0. The van der Waals surface area contributed by atoms with Crippen LogP contribution in [0.1, 0.15) is 33.6 Å². The molecule has 0 radical (unpaired) electrons. The van der Waals surface area contributed by atoms with Crippen molar-refractivity contribution in [3.63, 3.8) is 0 Å². The largest absolute Gasteiger partial charge is 0.487 e. The van der Waals surface area contributed by atoms with Gasteiger partial charge in [0.2, 0.25) is 0 Å². The maximum absolute atomic E-state index is 12.4. The van der Waals surface area contributed by atoms with Crippen molar-refractivity contribution >= 4 is 33.0 Å². The number of sulfone groups is 1. The Balaban J connectivity index is 1.46. The predicted octanol–water partition coefficient (Wildman–Crippen LogP) is 4.43. The van der Waals surface area contributed by atoms with Gasteiger partial charge in [0, 0.05) is 31.1 Å². The van der Waals surface area contributed by atoms with E-state index in [4.69, 9.17) is 9.47 Å². The van der Waals surface area contributed by atoms with Gasteiger partial charge in [0.1, 0.15) is 12.2 Å². The first-order valence-corrected chi connectivity index (χ1v) is 13.5. The molecule has 1 N–H and O–H groups in total. The van der Waals surface area contributed by atoms with Crippen molar-refractivity contribution in [2.45, 2.75) is 50.2 Å². The van der Waals surface area contributed by atoms with Crippen LogP contribution < -0.4 is 15.0 Å². The summed E-state index contributed by atoms with van der Waals surface area (Å²) < 4.78 is 35.0. The molecular formula is C25H33N3O5S. The number of fused-ring (bicyclic) bond motifs is 1. The van der Waals surface area contributed by atoms with Gasteiger partial charge in [-0.2, -0.15) is 0 Å². The fraction of sp³-hybridized carbons (Fsp3) is 0.480. The van der Waals surface area contributed by atoms with E-state index in [1.807, 2.05) is 32.9 Å². The average molecular weight is 488 g/mol. The number of nitrogens with zero attached hydrogens (tertiary/aromatic N) is 2. The Hall–Kier alpha value is -2.94. The quantitative estimate of drug-likeness (QED) is 0.682. The van der Waals surface area contributed by atoms with Crippen molar-refractivity contribution in [2.24, 2.45) is 0 Å². The van der Waals surface area contributed by atoms with Crippen molar-refractivity contribution in [1.29, 1.82) is 0 Å². The summed E-state index contributed by atoms with van der Waals surface area (Å²) in [5.74, 6) is 0.788. The minimum atomic E-state index is -3.24. The number of para-hydroxylation sites is 1. The molecule has 2 aliphatic rings. The molecule has 1 fully saturated rings. The molecule has 4 rings (SSSR count). The molecule has 1 amide bonds. The summed E-state index contributed by atoms with van der Waals surface area (Å²) >= 11 is 0. The number of rotatable bonds is 4. The SMILES string of the molecule is CC(C)(C)OC(=O)N1CCC(N2CCOc3c(Nc4ccc(S(C)(=O)=O)cc4)cccc32)CC1. The van der Waals surface area contributed by atoms with Gasteiger partial charge in [-0.15, -0.1) is 0 Å². The first kappa shape index (κ1) is 24.2. The molecule has 0 aromatic heterocycles. The van der Waals surface area contributed by atoms with Crippen LogP contribution in [-0.4, -0.2) is 63.6 Å². The Morgan fingerprint density at radius 2 is 1.74 bits per heavy atom. The fourth-order valence-corrected chi connectivity index (χ4v) is 5.00. The molecule has 34 heavy (non-hydrogen) atoms. The lowest BCUT2D eigenvalue weighted by molar-refractivity contribution is 0.0203. The summed E-state index contributed by atoms with van der Waals surface area (Å²) in [5.41, 5.74) is 2.15. The van der Waals surface area contributed by atoms with Crippen LogP contribution in [0.25, 0.3) is 0 Å². The van der Waals surface area contributed by atoms with Gasteiger partial charge in [-0.3, -0.25) is 0 Å². The van der Waals surface area contributed by atoms with Crippen LogP contribution in [-0.2, 0) is 14.6 Å². The molecule has 9 heteroatoms. The topological polar surface area (TPSA) is 88.2 Å². The van der Waals surface area contributed by atoms with E-state index in [0.29, 0.717) is 25.7 Å². The van der Waals surface area contributed by atoms with Gasteiger partial charge >= 0.3 is 6.09 Å². The molecule has 0 atom stereocenters. The number of piperidine rings is 1. The lowest BCUT2D eigenvalue weighted by Gasteiger charge is -2.42. The highest BCUT2D eigenvalue weighted by Gasteiger charge is 2.32. The van der Waals surface area contributed by atoms with Crippen LogP contribution in [0.4, 0.5) is 21.9 Å². The van der Waals surface area contributed by atoms with E-state index in [2.05, 4.69) is 16.3 Å². The summed E-state index contributed by atoms with van der Waals surface area (Å²) in [4.78, 5) is 16.9. The number of carbonyl (C=O) groups excluding carboxylic acids is 1. The Morgan fingerprint density at radius 3 is 2.35 bits per heavy atom. The Kier molecular flexibility index (Phi) is 6.66. The van der Waals surface area contributed by atoms with E-state index in [0.717, 1.165) is 42.2 Å². The van der Waals surface area contributed by atoms with Crippen LogP contribution >= 0.6 is 0 Å². The number of amides is 1. The van der Waals surface area contributed by atoms with E-state index >= 15 is 0 Å². The molecule has 0 spiro atoms. The second kappa shape index (κ2) is 9.37. The molecule has 2 aliphatic heterocycles. The van der Waals surface area contributed by atoms with Gasteiger partial charge in [-0.25, -0.2) is 13.2 Å². The van der Waals surface area contributed by atoms with E-state index in [1.54, 1.807) is 29.2 Å². The molecule has 0 saturated carbocycles. The number of carbonyl (C=O) groups is 1. The van der Waals surface area contributed by atoms with E-state index in [9.17, 15) is 13.2 Å². The molecule has 0 bridgehead atoms. The molecule has 2 heterocycles. The number of hydrogen-bond donors (Lipinski definition) is 1. The second-order valence-corrected chi connectivity index (χ2v) is 11.8. The van der Waals surface area contributed by atoms with Gasteiger partial charge in [-0.1, -0.05) is 6.07 Å². The van der Waals surface area contributed by atoms with Gasteiger partial charge in [0.25, 0.3) is 0 Å². The lowest BCUT2D eigenvalue weighted by atomic mass is 10.0. The maximum atomic E-state index is 12.4. The second-order valence-electron chi connectivity index (χ2n) is 9.82. The summed E-state index contributed by atoms with van der Waals surface area (Å²) in [5, 5.41) is 3.36. The van der Waals surface area contributed by atoms with Gasteiger partial charge in [0.05, 0.1) is 22.8 Å². The molecule has 2 aromatic carbocycles. The zero-order valence-electron chi connectivity index (χ0n) is 20.2. The molecule has 0 aliphatic carbocycles. The highest BCUT2D eigenvalue weighted by atomic mass is 32.2. The lowest BCUT2D eigenvalue weighted by Crippen LogP contribution is -2.50. The van der Waals surface area contributed by atoms with Crippen molar-refractivity contribution in [3.05, 3.63) is 42.5 Å². The summed E-state index contributed by atoms with van der Waals surface area (Å²) in [6.45, 7) is 8.34. The van der Waals surface area contributed by atoms with Crippen LogP contribution in [0, 0.1) is 0 Å². The molecule has 8 nitrogen and oxygen atoms in total. The van der Waals surface area contributed by atoms with Gasteiger partial charge in [-0.05, 0) is 70.0 Å². The van der Waals surface area contributed by atoms with Crippen molar-refractivity contribution < 1.29 is 22.7 Å². The minimum absolute atomic E-state index is 0.248. The average Bonchev–Trinajstić information content (AvgIpc) is 2.78. The molecule has 184 valence electrons. The zero-order chi connectivity index (χ0) is 24.5. The molecule has 2 aromatic rings. The van der Waals surface area contributed by atoms with Crippen molar-refractivity contribution in [1.82, 2.24) is 4.90 Å². The van der Waals surface area contributed by atoms with E-state index in [1.165, 1.54) is 6.26 Å². The summed E-state index contributed by atoms with van der Waals surface area (Å²) in [6.07, 6.45) is 2.68. The highest BCUT2D eigenvalue weighted by Crippen LogP contribution is 2.41. The molecule has 1 saturated heterocycles. The Labute approximate surface area is 201 Å². The summed E-state index contributed by atoms with van der Waals surface area (Å²) in [7, 11) is -3.24. The van der Waals surface area contributed by atoms with Crippen molar-refractivity contribution in [2.75, 3.05) is 42.7 Å². The third-order valence-electron chi connectivity index (χ3n) is 6.00. The van der Waals surface area contributed by atoms with Crippen LogP contribution in [0.3, 0.4) is 0 Å². The Morgan fingerprint density at radius 1 is 1.06 bits per heavy atom. The number of likely N-dealkylation sites (tertiary alicyclic amines) is 1. The monoisotopic (exact) mass is 487 g/mol. The van der Waals surface area contributed by atoms with E-state index < -0.39 is 15.4 Å². The third kappa shape index (κ3) is 5.58. The first-order valence-electron chi connectivity index (χ1n) is 11.6. The Bertz CT molecular complexity index is 1130. The number of benzene rings is 2. The smallest absolute Gasteiger partial charge is 0.410 e. The predicted molar refractivity (Wildman–Crippen MR) is 133 cm³/mol. The highest BCUT2D eigenvalue weighted by molar-refractivity contribution is 7.90. The zero-order valence-corrected chi connectivity index (χ0v) is 21.0. The van der Waals surface area contributed by atoms with Gasteiger partial charge < -0.3 is 24.6 Å². The standard InChI is InChI=1S/C25H33N3O5S/c1-25(2,3)33-24(29)27-14-12-19(13-15-27)28-16-17-32-23-21(6-5-7-22(23)28)26-18-8-10-20(11-9-18)34(4,30)31/h5-11,19,26H,12-17H2,1-4H3. The van der Waals surface area contributed by atoms with Crippen LogP contribution in [0.15, 0.2) is 47.4 Å². The van der Waals surface area contributed by atoms with Crippen LogP contribution in [0.2, 0.25) is 0 Å². The molecule has 0 unspecified atom stereocenters. The minimum Gasteiger partial charge on any atom is -0.487 e. The van der Waals surface area contributed by atoms with Crippen LogP contribution in [0.5, 0.6) is 5.75 Å².